The Kier molecular flexibility index (Phi) is 9.26. The highest BCUT2D eigenvalue weighted by Crippen LogP contribution is 2.28. The maximum atomic E-state index is 13.1. The van der Waals surface area contributed by atoms with Crippen molar-refractivity contribution in [3.63, 3.8) is 0 Å². The van der Waals surface area contributed by atoms with E-state index in [0.717, 1.165) is 48.2 Å². The summed E-state index contributed by atoms with van der Waals surface area (Å²) in [7, 11) is 0. The smallest absolute Gasteiger partial charge is 0.245 e. The van der Waals surface area contributed by atoms with Crippen LogP contribution in [0.4, 0.5) is 5.82 Å². The number of nitrogens with one attached hydrogen (secondary N) is 1. The number of benzene rings is 1. The predicted octanol–water partition coefficient (Wildman–Crippen LogP) is 5.93. The molecule has 0 aliphatic heterocycles. The number of nitrogens with zero attached hydrogens (tertiary/aromatic N) is 3. The molecule has 0 saturated carbocycles. The van der Waals surface area contributed by atoms with Crippen molar-refractivity contribution in [2.24, 2.45) is 0 Å². The average molecular weight is 455 g/mol. The van der Waals surface area contributed by atoms with Crippen molar-refractivity contribution in [3.8, 4) is 5.69 Å². The van der Waals surface area contributed by atoms with Crippen LogP contribution >= 0.6 is 0 Å². The van der Waals surface area contributed by atoms with E-state index >= 15 is 0 Å². The van der Waals surface area contributed by atoms with E-state index in [1.807, 2.05) is 36.7 Å². The zero-order chi connectivity index (χ0) is 24.8. The number of anilines is 1. The van der Waals surface area contributed by atoms with Crippen LogP contribution in [0.5, 0.6) is 0 Å². The van der Waals surface area contributed by atoms with Gasteiger partial charge in [-0.25, -0.2) is 4.68 Å². The number of hydrogen-bond donors (Lipinski definition) is 1. The van der Waals surface area contributed by atoms with Crippen LogP contribution in [0, 0.1) is 13.8 Å². The average Bonchev–Trinajstić information content (AvgIpc) is 3.15. The van der Waals surface area contributed by atoms with Gasteiger partial charge in [0.15, 0.2) is 0 Å². The molecule has 1 aromatic carbocycles. The van der Waals surface area contributed by atoms with Crippen molar-refractivity contribution in [1.82, 2.24) is 14.7 Å². The molecule has 6 heteroatoms. The van der Waals surface area contributed by atoms with Crippen molar-refractivity contribution < 1.29 is 9.59 Å². The van der Waals surface area contributed by atoms with Gasteiger partial charge in [0.05, 0.1) is 11.4 Å². The van der Waals surface area contributed by atoms with Crippen LogP contribution in [0.1, 0.15) is 90.5 Å². The lowest BCUT2D eigenvalue weighted by atomic mass is 9.92. The lowest BCUT2D eigenvalue weighted by molar-refractivity contribution is -0.136. The van der Waals surface area contributed by atoms with Gasteiger partial charge < -0.3 is 10.2 Å². The SMILES string of the molecule is CCCCCCC(=O)N(CC(=O)Nc1cc(C(C)(C)C)nn1-c1cccc(C)c1C)C(C)C. The second-order valence-electron chi connectivity index (χ2n) is 10.3. The molecule has 0 spiro atoms. The molecule has 6 nitrogen and oxygen atoms in total. The quantitative estimate of drug-likeness (QED) is 0.452. The third-order valence-electron chi connectivity index (χ3n) is 6.05. The van der Waals surface area contributed by atoms with Crippen molar-refractivity contribution in [2.75, 3.05) is 11.9 Å². The molecule has 2 rings (SSSR count). The number of carbonyl (C=O) groups is 2. The summed E-state index contributed by atoms with van der Waals surface area (Å²) < 4.78 is 1.81. The molecule has 2 aromatic rings. The van der Waals surface area contributed by atoms with Crippen molar-refractivity contribution >= 4 is 17.6 Å². The molecule has 0 radical (unpaired) electrons. The summed E-state index contributed by atoms with van der Waals surface area (Å²) >= 11 is 0. The van der Waals surface area contributed by atoms with Crippen LogP contribution in [-0.2, 0) is 15.0 Å². The van der Waals surface area contributed by atoms with E-state index in [1.165, 1.54) is 0 Å². The van der Waals surface area contributed by atoms with Crippen molar-refractivity contribution in [3.05, 3.63) is 41.1 Å². The van der Waals surface area contributed by atoms with Crippen molar-refractivity contribution in [1.29, 1.82) is 0 Å². The summed E-state index contributed by atoms with van der Waals surface area (Å²) in [6.45, 7) is 16.5. The standard InChI is InChI=1S/C27H42N4O2/c1-9-10-11-12-16-26(33)30(19(2)3)18-25(32)28-24-17-23(27(6,7)8)29-31(24)22-15-13-14-20(4)21(22)5/h13-15,17,19H,9-12,16,18H2,1-8H3,(H,28,32). The number of amides is 2. The Morgan fingerprint density at radius 1 is 1.12 bits per heavy atom. The lowest BCUT2D eigenvalue weighted by Crippen LogP contribution is -2.42. The second kappa shape index (κ2) is 11.5. The molecule has 1 aromatic heterocycles. The monoisotopic (exact) mass is 454 g/mol. The number of carbonyl (C=O) groups excluding carboxylic acids is 2. The first-order valence-corrected chi connectivity index (χ1v) is 12.2. The van der Waals surface area contributed by atoms with E-state index in [0.29, 0.717) is 12.2 Å². The Morgan fingerprint density at radius 2 is 1.82 bits per heavy atom. The molecule has 33 heavy (non-hydrogen) atoms. The van der Waals surface area contributed by atoms with Gasteiger partial charge in [0, 0.05) is 23.9 Å². The first-order valence-electron chi connectivity index (χ1n) is 12.2. The Hall–Kier alpha value is -2.63. The number of aryl methyl sites for hydroxylation is 1. The molecule has 1 N–H and O–H groups in total. The normalized spacial score (nSPS) is 11.7. The molecular formula is C27H42N4O2. The van der Waals surface area contributed by atoms with Gasteiger partial charge >= 0.3 is 0 Å². The topological polar surface area (TPSA) is 67.2 Å². The second-order valence-corrected chi connectivity index (χ2v) is 10.3. The Labute approximate surface area is 199 Å². The van der Waals surface area contributed by atoms with Gasteiger partial charge in [-0.05, 0) is 51.3 Å². The molecule has 0 unspecified atom stereocenters. The van der Waals surface area contributed by atoms with Crippen LogP contribution < -0.4 is 5.32 Å². The highest BCUT2D eigenvalue weighted by molar-refractivity contribution is 5.94. The molecule has 0 fully saturated rings. The fourth-order valence-corrected chi connectivity index (χ4v) is 3.73. The Balaban J connectivity index is 2.26. The van der Waals surface area contributed by atoms with Crippen LogP contribution in [0.3, 0.4) is 0 Å². The third kappa shape index (κ3) is 7.18. The van der Waals surface area contributed by atoms with Gasteiger partial charge in [0.1, 0.15) is 12.4 Å². The maximum absolute atomic E-state index is 13.1. The van der Waals surface area contributed by atoms with E-state index in [2.05, 4.69) is 52.9 Å². The van der Waals surface area contributed by atoms with E-state index in [1.54, 1.807) is 4.90 Å². The van der Waals surface area contributed by atoms with Gasteiger partial charge in [-0.2, -0.15) is 5.10 Å². The first kappa shape index (κ1) is 26.6. The van der Waals surface area contributed by atoms with Gasteiger partial charge in [-0.15, -0.1) is 0 Å². The first-order chi connectivity index (χ1) is 15.5. The number of aromatic nitrogens is 2. The van der Waals surface area contributed by atoms with E-state index < -0.39 is 0 Å². The summed E-state index contributed by atoms with van der Waals surface area (Å²) in [5, 5.41) is 7.87. The predicted molar refractivity (Wildman–Crippen MR) is 136 cm³/mol. The minimum atomic E-state index is -0.211. The van der Waals surface area contributed by atoms with Gasteiger partial charge in [-0.1, -0.05) is 59.1 Å². The Bertz CT molecular complexity index is 954. The number of hydrogen-bond acceptors (Lipinski definition) is 3. The van der Waals surface area contributed by atoms with E-state index in [9.17, 15) is 9.59 Å². The van der Waals surface area contributed by atoms with Crippen LogP contribution in [0.2, 0.25) is 0 Å². The van der Waals surface area contributed by atoms with Crippen molar-refractivity contribution in [2.45, 2.75) is 99.0 Å². The molecule has 0 aliphatic rings. The van der Waals surface area contributed by atoms with Crippen LogP contribution in [0.15, 0.2) is 24.3 Å². The van der Waals surface area contributed by atoms with E-state index in [-0.39, 0.29) is 29.8 Å². The zero-order valence-electron chi connectivity index (χ0n) is 21.8. The van der Waals surface area contributed by atoms with E-state index in [4.69, 9.17) is 5.10 Å². The lowest BCUT2D eigenvalue weighted by Gasteiger charge is -2.26. The minimum absolute atomic E-state index is 0.0348. The Morgan fingerprint density at radius 3 is 2.42 bits per heavy atom. The fourth-order valence-electron chi connectivity index (χ4n) is 3.73. The molecule has 0 saturated heterocycles. The van der Waals surface area contributed by atoms with Gasteiger partial charge in [0.2, 0.25) is 11.8 Å². The molecule has 0 atom stereocenters. The van der Waals surface area contributed by atoms with Gasteiger partial charge in [0.25, 0.3) is 0 Å². The highest BCUT2D eigenvalue weighted by Gasteiger charge is 2.24. The minimum Gasteiger partial charge on any atom is -0.331 e. The molecular weight excluding hydrogens is 412 g/mol. The summed E-state index contributed by atoms with van der Waals surface area (Å²) in [5.74, 6) is 0.449. The number of rotatable bonds is 10. The largest absolute Gasteiger partial charge is 0.331 e. The summed E-state index contributed by atoms with van der Waals surface area (Å²) in [6, 6.07) is 7.98. The van der Waals surface area contributed by atoms with Crippen LogP contribution in [0.25, 0.3) is 5.69 Å². The molecule has 2 amide bonds. The summed E-state index contributed by atoms with van der Waals surface area (Å²) in [5.41, 5.74) is 3.95. The number of unbranched alkanes of at least 4 members (excludes halogenated alkanes) is 3. The summed E-state index contributed by atoms with van der Waals surface area (Å²) in [6.07, 6.45) is 4.67. The zero-order valence-corrected chi connectivity index (χ0v) is 21.8. The third-order valence-corrected chi connectivity index (χ3v) is 6.05. The van der Waals surface area contributed by atoms with Crippen LogP contribution in [-0.4, -0.2) is 39.1 Å². The molecule has 1 heterocycles. The highest BCUT2D eigenvalue weighted by atomic mass is 16.2. The fraction of sp³-hybridized carbons (Fsp3) is 0.593. The molecule has 0 bridgehead atoms. The summed E-state index contributed by atoms with van der Waals surface area (Å²) in [4.78, 5) is 27.5. The molecule has 0 aliphatic carbocycles. The molecule has 182 valence electrons. The van der Waals surface area contributed by atoms with Gasteiger partial charge in [-0.3, -0.25) is 9.59 Å². The maximum Gasteiger partial charge on any atom is 0.245 e.